The molecule has 0 spiro atoms. The van der Waals surface area contributed by atoms with E-state index in [-0.39, 0.29) is 17.4 Å². The Morgan fingerprint density at radius 1 is 1.14 bits per heavy atom. The van der Waals surface area contributed by atoms with Crippen LogP contribution < -0.4 is 0 Å². The second-order valence-electron chi connectivity index (χ2n) is 4.40. The van der Waals surface area contributed by atoms with Gasteiger partial charge in [0.2, 0.25) is 5.90 Å². The van der Waals surface area contributed by atoms with Gasteiger partial charge in [0.15, 0.2) is 5.70 Å². The van der Waals surface area contributed by atoms with Gasteiger partial charge in [-0.1, -0.05) is 34.1 Å². The molecule has 2 aromatic rings. The lowest BCUT2D eigenvalue weighted by Crippen LogP contribution is -2.05. The van der Waals surface area contributed by atoms with Gasteiger partial charge in [-0.25, -0.2) is 14.2 Å². The van der Waals surface area contributed by atoms with Crippen LogP contribution in [0.3, 0.4) is 0 Å². The van der Waals surface area contributed by atoms with E-state index in [4.69, 9.17) is 4.74 Å². The summed E-state index contributed by atoms with van der Waals surface area (Å²) in [5, 5.41) is 0. The minimum Gasteiger partial charge on any atom is -0.402 e. The maximum absolute atomic E-state index is 12.9. The van der Waals surface area contributed by atoms with E-state index in [1.165, 1.54) is 12.1 Å². The Labute approximate surface area is 128 Å². The molecular formula is C16H9BrFNO2. The SMILES string of the molecule is O=C1OC(c2cccc(Br)c2)=N/C1=C/c1ccc(F)cc1. The molecule has 3 rings (SSSR count). The van der Waals surface area contributed by atoms with E-state index in [0.717, 1.165) is 4.47 Å². The molecule has 0 aromatic heterocycles. The normalized spacial score (nSPS) is 16.0. The van der Waals surface area contributed by atoms with Crippen LogP contribution in [0.25, 0.3) is 6.08 Å². The van der Waals surface area contributed by atoms with Crippen LogP contribution >= 0.6 is 15.9 Å². The van der Waals surface area contributed by atoms with Crippen molar-refractivity contribution in [2.75, 3.05) is 0 Å². The Hall–Kier alpha value is -2.27. The highest BCUT2D eigenvalue weighted by Gasteiger charge is 2.24. The minimum absolute atomic E-state index is 0.191. The molecule has 0 fully saturated rings. The summed E-state index contributed by atoms with van der Waals surface area (Å²) in [7, 11) is 0. The molecule has 0 amide bonds. The molecule has 0 radical (unpaired) electrons. The van der Waals surface area contributed by atoms with Crippen molar-refractivity contribution in [3.05, 3.63) is 75.6 Å². The first-order chi connectivity index (χ1) is 10.1. The number of benzene rings is 2. The van der Waals surface area contributed by atoms with Crippen LogP contribution in [0.4, 0.5) is 4.39 Å². The largest absolute Gasteiger partial charge is 0.402 e. The van der Waals surface area contributed by atoms with E-state index in [9.17, 15) is 9.18 Å². The fourth-order valence-corrected chi connectivity index (χ4v) is 2.27. The van der Waals surface area contributed by atoms with Gasteiger partial charge in [0.05, 0.1) is 0 Å². The third-order valence-corrected chi connectivity index (χ3v) is 3.36. The van der Waals surface area contributed by atoms with Crippen molar-refractivity contribution >= 4 is 33.9 Å². The Kier molecular flexibility index (Phi) is 3.66. The van der Waals surface area contributed by atoms with Crippen LogP contribution in [-0.2, 0) is 9.53 Å². The number of esters is 1. The van der Waals surface area contributed by atoms with Gasteiger partial charge >= 0.3 is 5.97 Å². The molecule has 0 bridgehead atoms. The van der Waals surface area contributed by atoms with Crippen molar-refractivity contribution in [3.63, 3.8) is 0 Å². The number of aliphatic imine (C=N–C) groups is 1. The Balaban J connectivity index is 1.93. The monoisotopic (exact) mass is 345 g/mol. The van der Waals surface area contributed by atoms with Gasteiger partial charge in [-0.3, -0.25) is 0 Å². The lowest BCUT2D eigenvalue weighted by atomic mass is 10.2. The lowest BCUT2D eigenvalue weighted by Gasteiger charge is -1.99. The van der Waals surface area contributed by atoms with Crippen molar-refractivity contribution in [3.8, 4) is 0 Å². The molecule has 0 atom stereocenters. The number of cyclic esters (lactones) is 1. The standard InChI is InChI=1S/C16H9BrFNO2/c17-12-3-1-2-11(9-12)15-19-14(16(20)21-15)8-10-4-6-13(18)7-5-10/h1-9H/b14-8+. The number of carbonyl (C=O) groups is 1. The van der Waals surface area contributed by atoms with E-state index >= 15 is 0 Å². The van der Waals surface area contributed by atoms with Crippen molar-refractivity contribution in [1.29, 1.82) is 0 Å². The van der Waals surface area contributed by atoms with Gasteiger partial charge in [-0.05, 0) is 42.0 Å². The zero-order chi connectivity index (χ0) is 14.8. The molecule has 104 valence electrons. The summed E-state index contributed by atoms with van der Waals surface area (Å²) < 4.78 is 18.9. The van der Waals surface area contributed by atoms with Crippen molar-refractivity contribution in [2.24, 2.45) is 4.99 Å². The average Bonchev–Trinajstić information content (AvgIpc) is 2.83. The van der Waals surface area contributed by atoms with Crippen LogP contribution in [0.1, 0.15) is 11.1 Å². The average molecular weight is 346 g/mol. The minimum atomic E-state index is -0.519. The summed E-state index contributed by atoms with van der Waals surface area (Å²) in [4.78, 5) is 16.0. The molecule has 0 saturated carbocycles. The molecule has 0 unspecified atom stereocenters. The zero-order valence-electron chi connectivity index (χ0n) is 10.7. The van der Waals surface area contributed by atoms with Crippen LogP contribution in [0, 0.1) is 5.82 Å². The predicted octanol–water partition coefficient (Wildman–Crippen LogP) is 3.93. The van der Waals surface area contributed by atoms with Gasteiger partial charge in [0.25, 0.3) is 0 Å². The third kappa shape index (κ3) is 3.08. The number of halogens is 2. The lowest BCUT2D eigenvalue weighted by molar-refractivity contribution is -0.129. The highest BCUT2D eigenvalue weighted by molar-refractivity contribution is 9.10. The molecule has 0 aliphatic carbocycles. The molecule has 2 aromatic carbocycles. The maximum Gasteiger partial charge on any atom is 0.363 e. The summed E-state index contributed by atoms with van der Waals surface area (Å²) in [6, 6.07) is 13.1. The number of ether oxygens (including phenoxy) is 1. The van der Waals surface area contributed by atoms with Gasteiger partial charge in [0, 0.05) is 10.0 Å². The van der Waals surface area contributed by atoms with Crippen molar-refractivity contribution in [1.82, 2.24) is 0 Å². The number of nitrogens with zero attached hydrogens (tertiary/aromatic N) is 1. The first-order valence-corrected chi connectivity index (χ1v) is 6.95. The second kappa shape index (κ2) is 5.61. The summed E-state index contributed by atoms with van der Waals surface area (Å²) in [6.07, 6.45) is 1.56. The van der Waals surface area contributed by atoms with Gasteiger partial charge in [-0.2, -0.15) is 0 Å². The highest BCUT2D eigenvalue weighted by Crippen LogP contribution is 2.21. The van der Waals surface area contributed by atoms with Crippen molar-refractivity contribution in [2.45, 2.75) is 0 Å². The summed E-state index contributed by atoms with van der Waals surface area (Å²) >= 11 is 3.35. The van der Waals surface area contributed by atoms with Gasteiger partial charge < -0.3 is 4.74 Å². The summed E-state index contributed by atoms with van der Waals surface area (Å²) in [6.45, 7) is 0. The number of hydrogen-bond acceptors (Lipinski definition) is 3. The molecule has 0 N–H and O–H groups in total. The molecule has 1 aliphatic rings. The van der Waals surface area contributed by atoms with E-state index in [0.29, 0.717) is 11.1 Å². The maximum atomic E-state index is 12.9. The topological polar surface area (TPSA) is 38.7 Å². The molecule has 1 aliphatic heterocycles. The molecule has 3 nitrogen and oxygen atoms in total. The smallest absolute Gasteiger partial charge is 0.363 e. The van der Waals surface area contributed by atoms with Crippen LogP contribution in [0.2, 0.25) is 0 Å². The molecule has 5 heteroatoms. The van der Waals surface area contributed by atoms with E-state index < -0.39 is 5.97 Å². The second-order valence-corrected chi connectivity index (χ2v) is 5.31. The number of hydrogen-bond donors (Lipinski definition) is 0. The van der Waals surface area contributed by atoms with E-state index in [1.807, 2.05) is 18.2 Å². The predicted molar refractivity (Wildman–Crippen MR) is 81.1 cm³/mol. The van der Waals surface area contributed by atoms with Crippen LogP contribution in [-0.4, -0.2) is 11.9 Å². The van der Waals surface area contributed by atoms with Gasteiger partial charge in [-0.15, -0.1) is 0 Å². The summed E-state index contributed by atoms with van der Waals surface area (Å²) in [5.41, 5.74) is 1.58. The number of rotatable bonds is 2. The Bertz CT molecular complexity index is 766. The highest BCUT2D eigenvalue weighted by atomic mass is 79.9. The first kappa shape index (κ1) is 13.7. The molecule has 1 heterocycles. The Morgan fingerprint density at radius 3 is 2.62 bits per heavy atom. The first-order valence-electron chi connectivity index (χ1n) is 6.16. The fraction of sp³-hybridized carbons (Fsp3) is 0. The quantitative estimate of drug-likeness (QED) is 0.610. The molecular weight excluding hydrogens is 337 g/mol. The van der Waals surface area contributed by atoms with Gasteiger partial charge in [0.1, 0.15) is 5.82 Å². The van der Waals surface area contributed by atoms with E-state index in [1.54, 1.807) is 24.3 Å². The molecule has 21 heavy (non-hydrogen) atoms. The fourth-order valence-electron chi connectivity index (χ4n) is 1.87. The van der Waals surface area contributed by atoms with Crippen LogP contribution in [0.15, 0.2) is 63.7 Å². The molecule has 0 saturated heterocycles. The van der Waals surface area contributed by atoms with E-state index in [2.05, 4.69) is 20.9 Å². The van der Waals surface area contributed by atoms with Crippen molar-refractivity contribution < 1.29 is 13.9 Å². The summed E-state index contributed by atoms with van der Waals surface area (Å²) in [5.74, 6) is -0.589. The zero-order valence-corrected chi connectivity index (χ0v) is 12.3. The Morgan fingerprint density at radius 2 is 1.90 bits per heavy atom. The third-order valence-electron chi connectivity index (χ3n) is 2.87. The number of carbonyl (C=O) groups excluding carboxylic acids is 1. The van der Waals surface area contributed by atoms with Crippen LogP contribution in [0.5, 0.6) is 0 Å².